The molecule has 0 spiro atoms. The quantitative estimate of drug-likeness (QED) is 0.357. The van der Waals surface area contributed by atoms with Crippen LogP contribution in [0.2, 0.25) is 0 Å². The van der Waals surface area contributed by atoms with Crippen molar-refractivity contribution in [3.05, 3.63) is 0 Å². The predicted octanol–water partition coefficient (Wildman–Crippen LogP) is 0.966. The number of unbranched alkanes of at least 4 members (excludes halogenated alkanes) is 4. The maximum Gasteiger partial charge on any atom is 0.320 e. The third-order valence-electron chi connectivity index (χ3n) is 3.68. The van der Waals surface area contributed by atoms with E-state index in [1.807, 2.05) is 0 Å². The summed E-state index contributed by atoms with van der Waals surface area (Å²) in [7, 11) is 3.46. The predicted molar refractivity (Wildman–Crippen MR) is 90.5 cm³/mol. The summed E-state index contributed by atoms with van der Waals surface area (Å²) in [4.78, 5) is 25.0. The number of carbonyl (C=O) groups excluding carboxylic acids is 2. The number of aliphatic hydroxyl groups is 2. The maximum atomic E-state index is 11.7. The van der Waals surface area contributed by atoms with Gasteiger partial charge in [0.1, 0.15) is 13.2 Å². The van der Waals surface area contributed by atoms with Gasteiger partial charge in [-0.2, -0.15) is 0 Å². The number of carbonyl (C=O) groups is 2. The fourth-order valence-electron chi connectivity index (χ4n) is 1.99. The standard InChI is InChI=1S/C17H33NO6/c1-4-5-6-7-8-9-15(21)23-13-17(11-19,12-20)14-24-16(22)10-18(2)3/h19-20H,4-14H2,1-3H3. The molecule has 0 aromatic rings. The van der Waals surface area contributed by atoms with E-state index < -0.39 is 24.6 Å². The fourth-order valence-corrected chi connectivity index (χ4v) is 1.99. The number of ether oxygens (including phenoxy) is 2. The number of rotatable bonds is 14. The van der Waals surface area contributed by atoms with Crippen molar-refractivity contribution in [2.24, 2.45) is 5.41 Å². The van der Waals surface area contributed by atoms with Gasteiger partial charge in [-0.15, -0.1) is 0 Å². The van der Waals surface area contributed by atoms with Gasteiger partial charge in [-0.1, -0.05) is 32.6 Å². The first-order valence-electron chi connectivity index (χ1n) is 8.57. The van der Waals surface area contributed by atoms with Crippen LogP contribution in [0.4, 0.5) is 0 Å². The monoisotopic (exact) mass is 347 g/mol. The number of hydrogen-bond donors (Lipinski definition) is 2. The summed E-state index contributed by atoms with van der Waals surface area (Å²) in [6.45, 7) is 0.970. The highest BCUT2D eigenvalue weighted by Gasteiger charge is 2.33. The summed E-state index contributed by atoms with van der Waals surface area (Å²) >= 11 is 0. The first-order valence-corrected chi connectivity index (χ1v) is 8.57. The Bertz CT molecular complexity index is 355. The van der Waals surface area contributed by atoms with Crippen LogP contribution in [0.15, 0.2) is 0 Å². The molecule has 0 saturated heterocycles. The Hall–Kier alpha value is -1.18. The highest BCUT2D eigenvalue weighted by Crippen LogP contribution is 2.18. The van der Waals surface area contributed by atoms with E-state index in [2.05, 4.69) is 6.92 Å². The number of hydrogen-bond acceptors (Lipinski definition) is 7. The molecule has 24 heavy (non-hydrogen) atoms. The van der Waals surface area contributed by atoms with Crippen LogP contribution in [0.5, 0.6) is 0 Å². The zero-order valence-electron chi connectivity index (χ0n) is 15.3. The van der Waals surface area contributed by atoms with Gasteiger partial charge >= 0.3 is 11.9 Å². The smallest absolute Gasteiger partial charge is 0.320 e. The summed E-state index contributed by atoms with van der Waals surface area (Å²) in [5.41, 5.74) is -1.17. The van der Waals surface area contributed by atoms with Crippen LogP contribution in [-0.4, -0.2) is 74.1 Å². The molecule has 0 aliphatic carbocycles. The first-order chi connectivity index (χ1) is 11.4. The molecule has 142 valence electrons. The second-order valence-electron chi connectivity index (χ2n) is 6.54. The molecule has 0 saturated carbocycles. The minimum Gasteiger partial charge on any atom is -0.465 e. The molecule has 7 heteroatoms. The van der Waals surface area contributed by atoms with Crippen LogP contribution < -0.4 is 0 Å². The van der Waals surface area contributed by atoms with Crippen molar-refractivity contribution < 1.29 is 29.3 Å². The van der Waals surface area contributed by atoms with Crippen LogP contribution in [-0.2, 0) is 19.1 Å². The molecule has 0 aromatic heterocycles. The van der Waals surface area contributed by atoms with Gasteiger partial charge in [0.2, 0.25) is 0 Å². The minimum atomic E-state index is -1.17. The number of esters is 2. The summed E-state index contributed by atoms with van der Waals surface area (Å²) in [6.07, 6.45) is 5.47. The van der Waals surface area contributed by atoms with Crippen molar-refractivity contribution in [2.75, 3.05) is 47.1 Å². The largest absolute Gasteiger partial charge is 0.465 e. The van der Waals surface area contributed by atoms with Gasteiger partial charge in [0.15, 0.2) is 0 Å². The molecular formula is C17H33NO6. The highest BCUT2D eigenvalue weighted by molar-refractivity contribution is 5.71. The van der Waals surface area contributed by atoms with Crippen LogP contribution in [0.1, 0.15) is 45.4 Å². The van der Waals surface area contributed by atoms with Gasteiger partial charge < -0.3 is 19.7 Å². The molecule has 0 unspecified atom stereocenters. The molecule has 0 aliphatic rings. The van der Waals surface area contributed by atoms with Crippen LogP contribution in [0.25, 0.3) is 0 Å². The average molecular weight is 347 g/mol. The Morgan fingerprint density at radius 3 is 1.96 bits per heavy atom. The lowest BCUT2D eigenvalue weighted by molar-refractivity contribution is -0.159. The topological polar surface area (TPSA) is 96.3 Å². The van der Waals surface area contributed by atoms with Gasteiger partial charge in [0.25, 0.3) is 0 Å². The number of aliphatic hydroxyl groups excluding tert-OH is 2. The van der Waals surface area contributed by atoms with E-state index in [-0.39, 0.29) is 25.7 Å². The zero-order valence-corrected chi connectivity index (χ0v) is 15.3. The molecule has 0 aromatic carbocycles. The molecule has 2 N–H and O–H groups in total. The summed E-state index contributed by atoms with van der Waals surface area (Å²) in [5.74, 6) is -0.828. The van der Waals surface area contributed by atoms with Crippen LogP contribution >= 0.6 is 0 Å². The average Bonchev–Trinajstić information content (AvgIpc) is 2.55. The molecular weight excluding hydrogens is 314 g/mol. The lowest BCUT2D eigenvalue weighted by Gasteiger charge is -2.28. The van der Waals surface area contributed by atoms with Crippen molar-refractivity contribution in [2.45, 2.75) is 45.4 Å². The normalized spacial score (nSPS) is 11.6. The van der Waals surface area contributed by atoms with E-state index in [0.29, 0.717) is 6.42 Å². The van der Waals surface area contributed by atoms with Crippen molar-refractivity contribution in [1.29, 1.82) is 0 Å². The number of nitrogens with zero attached hydrogens (tertiary/aromatic N) is 1. The molecule has 0 atom stereocenters. The Labute approximate surface area is 144 Å². The van der Waals surface area contributed by atoms with E-state index >= 15 is 0 Å². The molecule has 0 aliphatic heterocycles. The van der Waals surface area contributed by atoms with E-state index in [1.165, 1.54) is 0 Å². The van der Waals surface area contributed by atoms with Gasteiger partial charge in [-0.3, -0.25) is 14.5 Å². The molecule has 0 bridgehead atoms. The third kappa shape index (κ3) is 10.6. The summed E-state index contributed by atoms with van der Waals surface area (Å²) < 4.78 is 10.2. The molecule has 0 radical (unpaired) electrons. The van der Waals surface area contributed by atoms with Gasteiger partial charge in [-0.25, -0.2) is 0 Å². The van der Waals surface area contributed by atoms with Gasteiger partial charge in [0.05, 0.1) is 25.2 Å². The van der Waals surface area contributed by atoms with E-state index in [9.17, 15) is 19.8 Å². The fraction of sp³-hybridized carbons (Fsp3) is 0.882. The van der Waals surface area contributed by atoms with Crippen molar-refractivity contribution in [1.82, 2.24) is 4.90 Å². The van der Waals surface area contributed by atoms with Crippen LogP contribution in [0.3, 0.4) is 0 Å². The Morgan fingerprint density at radius 2 is 1.46 bits per heavy atom. The highest BCUT2D eigenvalue weighted by atomic mass is 16.6. The van der Waals surface area contributed by atoms with Gasteiger partial charge in [0, 0.05) is 6.42 Å². The van der Waals surface area contributed by atoms with E-state index in [0.717, 1.165) is 32.1 Å². The second-order valence-corrected chi connectivity index (χ2v) is 6.54. The molecule has 0 fully saturated rings. The zero-order chi connectivity index (χ0) is 18.4. The summed E-state index contributed by atoms with van der Waals surface area (Å²) in [6, 6.07) is 0. The second kappa shape index (κ2) is 13.1. The Balaban J connectivity index is 4.20. The SMILES string of the molecule is CCCCCCCC(=O)OCC(CO)(CO)COC(=O)CN(C)C. The maximum absolute atomic E-state index is 11.7. The van der Waals surface area contributed by atoms with Crippen LogP contribution in [0, 0.1) is 5.41 Å². The molecule has 7 nitrogen and oxygen atoms in total. The lowest BCUT2D eigenvalue weighted by Crippen LogP contribution is -2.41. The molecule has 0 heterocycles. The molecule has 0 rings (SSSR count). The first kappa shape index (κ1) is 22.8. The van der Waals surface area contributed by atoms with Crippen molar-refractivity contribution in [3.63, 3.8) is 0 Å². The van der Waals surface area contributed by atoms with Crippen molar-refractivity contribution in [3.8, 4) is 0 Å². The third-order valence-corrected chi connectivity index (χ3v) is 3.68. The minimum absolute atomic E-state index is 0.102. The van der Waals surface area contributed by atoms with E-state index in [4.69, 9.17) is 9.47 Å². The van der Waals surface area contributed by atoms with E-state index in [1.54, 1.807) is 19.0 Å². The van der Waals surface area contributed by atoms with Crippen molar-refractivity contribution >= 4 is 11.9 Å². The molecule has 0 amide bonds. The lowest BCUT2D eigenvalue weighted by atomic mass is 9.92. The van der Waals surface area contributed by atoms with Gasteiger partial charge in [-0.05, 0) is 20.5 Å². The number of likely N-dealkylation sites (N-methyl/N-ethyl adjacent to an activating group) is 1. The Kier molecular flexibility index (Phi) is 12.5. The summed E-state index contributed by atoms with van der Waals surface area (Å²) in [5, 5.41) is 19.0. The Morgan fingerprint density at radius 1 is 0.917 bits per heavy atom.